The Balaban J connectivity index is 0.000000236. The van der Waals surface area contributed by atoms with E-state index in [0.717, 1.165) is 0 Å². The zero-order valence-corrected chi connectivity index (χ0v) is 7.66. The van der Waals surface area contributed by atoms with Gasteiger partial charge in [0.05, 0.1) is 3.79 Å². The van der Waals surface area contributed by atoms with Gasteiger partial charge in [-0.3, -0.25) is 0 Å². The van der Waals surface area contributed by atoms with E-state index >= 15 is 0 Å². The molecule has 0 aliphatic heterocycles. The molecule has 0 bridgehead atoms. The van der Waals surface area contributed by atoms with Crippen LogP contribution in [-0.4, -0.2) is 6.15 Å². The maximum Gasteiger partial charge on any atom is 0.373 e. The number of carbonyl (C=O) groups excluding carboxylic acids is 2. The molecule has 0 aromatic carbocycles. The molecule has 0 saturated heterocycles. The van der Waals surface area contributed by atoms with Crippen LogP contribution in [0.15, 0.2) is 15.2 Å². The normalized spacial score (nSPS) is 7.40. The number of rotatable bonds is 0. The van der Waals surface area contributed by atoms with Crippen molar-refractivity contribution in [2.45, 2.75) is 6.92 Å². The van der Waals surface area contributed by atoms with Crippen molar-refractivity contribution in [3.05, 3.63) is 20.8 Å². The Bertz CT molecular complexity index is 209. The first-order valence-corrected chi connectivity index (χ1v) is 4.08. The van der Waals surface area contributed by atoms with Crippen LogP contribution in [-0.2, 0) is 9.59 Å². The molecule has 0 amide bonds. The highest BCUT2D eigenvalue weighted by Gasteiger charge is 1.89. The molecule has 0 fully saturated rings. The molecule has 1 aromatic rings. The fourth-order valence-corrected chi connectivity index (χ4v) is 1.46. The fourth-order valence-electron chi connectivity index (χ4n) is 0.354. The van der Waals surface area contributed by atoms with E-state index in [0.29, 0.717) is 0 Å². The number of thiophene rings is 1. The molecular weight excluding hydrogens is 216 g/mol. The number of halogens is 1. The Morgan fingerprint density at radius 2 is 2.10 bits per heavy atom. The summed E-state index contributed by atoms with van der Waals surface area (Å²) >= 11 is 5.10. The molecule has 0 aliphatic carbocycles. The smallest absolute Gasteiger partial charge is 0.186 e. The molecule has 0 saturated carbocycles. The lowest BCUT2D eigenvalue weighted by Gasteiger charge is -1.77. The quantitative estimate of drug-likeness (QED) is 0.673. The summed E-state index contributed by atoms with van der Waals surface area (Å²) in [4.78, 5) is 16.2. The largest absolute Gasteiger partial charge is 0.373 e. The molecule has 0 N–H and O–H groups in total. The van der Waals surface area contributed by atoms with E-state index in [4.69, 9.17) is 9.59 Å². The lowest BCUT2D eigenvalue weighted by atomic mass is 10.4. The molecule has 0 spiro atoms. The lowest BCUT2D eigenvalue weighted by molar-refractivity contribution is -0.191. The highest BCUT2D eigenvalue weighted by atomic mass is 79.9. The highest BCUT2D eigenvalue weighted by Crippen LogP contribution is 2.21. The van der Waals surface area contributed by atoms with Crippen LogP contribution >= 0.6 is 27.3 Å². The molecule has 0 aliphatic rings. The summed E-state index contributed by atoms with van der Waals surface area (Å²) in [5.74, 6) is 0. The summed E-state index contributed by atoms with van der Waals surface area (Å²) in [6.45, 7) is 2.08. The van der Waals surface area contributed by atoms with Crippen molar-refractivity contribution in [3.63, 3.8) is 0 Å². The third kappa shape index (κ3) is 3.56. The molecule has 1 heterocycles. The second kappa shape index (κ2) is 5.35. The molecule has 0 atom stereocenters. The Hall–Kier alpha value is -0.440. The second-order valence-corrected chi connectivity index (χ2v) is 3.69. The average Bonchev–Trinajstić information content (AvgIpc) is 2.19. The van der Waals surface area contributed by atoms with Gasteiger partial charge in [-0.15, -0.1) is 11.3 Å². The van der Waals surface area contributed by atoms with E-state index in [-0.39, 0.29) is 6.15 Å². The summed E-state index contributed by atoms with van der Waals surface area (Å²) in [6, 6.07) is 2.09. The molecule has 4 heteroatoms. The van der Waals surface area contributed by atoms with E-state index in [1.54, 1.807) is 11.3 Å². The van der Waals surface area contributed by atoms with Gasteiger partial charge in [0.2, 0.25) is 0 Å². The van der Waals surface area contributed by atoms with Crippen molar-refractivity contribution in [2.75, 3.05) is 0 Å². The van der Waals surface area contributed by atoms with Crippen molar-refractivity contribution in [3.8, 4) is 0 Å². The first-order valence-electron chi connectivity index (χ1n) is 2.41. The van der Waals surface area contributed by atoms with E-state index in [1.807, 2.05) is 0 Å². The van der Waals surface area contributed by atoms with Crippen molar-refractivity contribution in [1.29, 1.82) is 0 Å². The number of aryl methyl sites for hydroxylation is 1. The Labute approximate surface area is 71.0 Å². The molecule has 2 nitrogen and oxygen atoms in total. The Morgan fingerprint density at radius 3 is 2.20 bits per heavy atom. The van der Waals surface area contributed by atoms with E-state index in [1.165, 1.54) is 9.35 Å². The third-order valence-corrected chi connectivity index (χ3v) is 2.79. The summed E-state index contributed by atoms with van der Waals surface area (Å²) in [7, 11) is 0. The fraction of sp³-hybridized carbons (Fsp3) is 0.167. The van der Waals surface area contributed by atoms with E-state index < -0.39 is 0 Å². The molecule has 10 heavy (non-hydrogen) atoms. The van der Waals surface area contributed by atoms with Gasteiger partial charge in [-0.05, 0) is 39.9 Å². The van der Waals surface area contributed by atoms with Crippen LogP contribution in [0.5, 0.6) is 0 Å². The second-order valence-electron chi connectivity index (χ2n) is 1.46. The first kappa shape index (κ1) is 9.56. The van der Waals surface area contributed by atoms with Gasteiger partial charge < -0.3 is 0 Å². The van der Waals surface area contributed by atoms with Gasteiger partial charge in [0.15, 0.2) is 0 Å². The summed E-state index contributed by atoms with van der Waals surface area (Å²) < 4.78 is 1.24. The van der Waals surface area contributed by atoms with Crippen LogP contribution < -0.4 is 0 Å². The summed E-state index contributed by atoms with van der Waals surface area (Å²) in [6.07, 6.45) is 0.250. The maximum absolute atomic E-state index is 8.12. The SMILES string of the molecule is Cc1ccsc1Br.O=C=O. The standard InChI is InChI=1S/C5H5BrS.CO2/c1-4-2-3-7-5(4)6;2-1-3/h2-3H,1H3;. The number of hydrogen-bond donors (Lipinski definition) is 0. The van der Waals surface area contributed by atoms with Gasteiger partial charge in [0, 0.05) is 0 Å². The summed E-state index contributed by atoms with van der Waals surface area (Å²) in [5.41, 5.74) is 1.32. The molecule has 1 rings (SSSR count). The van der Waals surface area contributed by atoms with Crippen LogP contribution in [0.25, 0.3) is 0 Å². The maximum atomic E-state index is 8.12. The zero-order valence-electron chi connectivity index (χ0n) is 5.26. The highest BCUT2D eigenvalue weighted by molar-refractivity contribution is 9.11. The number of hydrogen-bond acceptors (Lipinski definition) is 3. The minimum atomic E-state index is 0.250. The summed E-state index contributed by atoms with van der Waals surface area (Å²) in [5, 5.41) is 2.07. The van der Waals surface area contributed by atoms with Gasteiger partial charge in [-0.1, -0.05) is 0 Å². The van der Waals surface area contributed by atoms with Gasteiger partial charge in [0.25, 0.3) is 0 Å². The van der Waals surface area contributed by atoms with Crippen molar-refractivity contribution in [1.82, 2.24) is 0 Å². The van der Waals surface area contributed by atoms with Crippen LogP contribution in [0.3, 0.4) is 0 Å². The molecule has 0 radical (unpaired) electrons. The predicted molar refractivity (Wildman–Crippen MR) is 41.8 cm³/mol. The Morgan fingerprint density at radius 1 is 1.60 bits per heavy atom. The molecule has 54 valence electrons. The van der Waals surface area contributed by atoms with Gasteiger partial charge in [0.1, 0.15) is 0 Å². The van der Waals surface area contributed by atoms with Crippen LogP contribution in [0.4, 0.5) is 0 Å². The monoisotopic (exact) mass is 220 g/mol. The molecule has 1 aromatic heterocycles. The van der Waals surface area contributed by atoms with Crippen LogP contribution in [0.1, 0.15) is 5.56 Å². The van der Waals surface area contributed by atoms with E-state index in [9.17, 15) is 0 Å². The van der Waals surface area contributed by atoms with Gasteiger partial charge in [-0.25, -0.2) is 0 Å². The van der Waals surface area contributed by atoms with Crippen molar-refractivity contribution in [2.24, 2.45) is 0 Å². The van der Waals surface area contributed by atoms with E-state index in [2.05, 4.69) is 34.3 Å². The van der Waals surface area contributed by atoms with Crippen molar-refractivity contribution < 1.29 is 9.59 Å². The minimum absolute atomic E-state index is 0.250. The van der Waals surface area contributed by atoms with Crippen LogP contribution in [0.2, 0.25) is 0 Å². The zero-order chi connectivity index (χ0) is 7.98. The minimum Gasteiger partial charge on any atom is -0.186 e. The van der Waals surface area contributed by atoms with Gasteiger partial charge >= 0.3 is 6.15 Å². The predicted octanol–water partition coefficient (Wildman–Crippen LogP) is 2.24. The molecule has 0 unspecified atom stereocenters. The van der Waals surface area contributed by atoms with Crippen LogP contribution in [0, 0.1) is 6.92 Å². The first-order chi connectivity index (χ1) is 4.72. The lowest BCUT2D eigenvalue weighted by Crippen LogP contribution is -1.55. The average molecular weight is 221 g/mol. The van der Waals surface area contributed by atoms with Crippen molar-refractivity contribution >= 4 is 33.4 Å². The third-order valence-electron chi connectivity index (χ3n) is 0.800. The topological polar surface area (TPSA) is 34.1 Å². The van der Waals surface area contributed by atoms with Gasteiger partial charge in [-0.2, -0.15) is 9.59 Å². The molecular formula is C6H5BrO2S. The Kier molecular flexibility index (Phi) is 5.12.